The van der Waals surface area contributed by atoms with Crippen LogP contribution in [0.15, 0.2) is 28.7 Å². The van der Waals surface area contributed by atoms with Crippen LogP contribution in [0.2, 0.25) is 0 Å². The third-order valence-corrected chi connectivity index (χ3v) is 5.55. The van der Waals surface area contributed by atoms with Crippen LogP contribution in [-0.4, -0.2) is 25.7 Å². The Kier molecular flexibility index (Phi) is 5.51. The summed E-state index contributed by atoms with van der Waals surface area (Å²) in [5.74, 6) is 0. The Morgan fingerprint density at radius 3 is 2.90 bits per heavy atom. The molecule has 0 aliphatic carbocycles. The van der Waals surface area contributed by atoms with Gasteiger partial charge in [0.25, 0.3) is 10.0 Å². The van der Waals surface area contributed by atoms with E-state index in [1.54, 1.807) is 18.4 Å². The topological polar surface area (TPSA) is 86.9 Å². The van der Waals surface area contributed by atoms with Gasteiger partial charge in [0.1, 0.15) is 0 Å². The summed E-state index contributed by atoms with van der Waals surface area (Å²) >= 11 is 1.56. The van der Waals surface area contributed by atoms with Crippen LogP contribution in [0.5, 0.6) is 0 Å². The van der Waals surface area contributed by atoms with E-state index < -0.39 is 10.0 Å². The highest BCUT2D eigenvalue weighted by Gasteiger charge is 2.25. The largest absolute Gasteiger partial charge is 0.316 e. The number of nitrogens with zero attached hydrogens (tertiary/aromatic N) is 1. The molecule has 0 saturated carbocycles. The Morgan fingerprint density at radius 1 is 1.48 bits per heavy atom. The van der Waals surface area contributed by atoms with Gasteiger partial charge in [-0.2, -0.15) is 5.10 Å². The summed E-state index contributed by atoms with van der Waals surface area (Å²) in [6.07, 6.45) is 3.19. The molecule has 1 atom stereocenters. The minimum absolute atomic E-state index is 0.134. The lowest BCUT2D eigenvalue weighted by Crippen LogP contribution is -2.29. The van der Waals surface area contributed by atoms with Gasteiger partial charge in [-0.25, -0.2) is 13.1 Å². The lowest BCUT2D eigenvalue weighted by molar-refractivity contribution is 0.535. The van der Waals surface area contributed by atoms with Crippen LogP contribution in [0.3, 0.4) is 0 Å². The van der Waals surface area contributed by atoms with Gasteiger partial charge in [0.2, 0.25) is 0 Å². The molecule has 0 spiro atoms. The molecular formula is C13H20N4O2S2. The zero-order valence-corrected chi connectivity index (χ0v) is 13.7. The van der Waals surface area contributed by atoms with Gasteiger partial charge in [0.15, 0.2) is 5.03 Å². The molecule has 2 heterocycles. The third-order valence-electron chi connectivity index (χ3n) is 3.08. The fourth-order valence-electron chi connectivity index (χ4n) is 2.13. The molecule has 2 aromatic heterocycles. The monoisotopic (exact) mass is 328 g/mol. The summed E-state index contributed by atoms with van der Waals surface area (Å²) in [6, 6.07) is 3.68. The Morgan fingerprint density at radius 2 is 2.29 bits per heavy atom. The molecular weight excluding hydrogens is 308 g/mol. The Labute approximate surface area is 129 Å². The van der Waals surface area contributed by atoms with Crippen molar-refractivity contribution in [3.63, 3.8) is 0 Å². The van der Waals surface area contributed by atoms with Crippen LogP contribution in [0.1, 0.15) is 36.2 Å². The van der Waals surface area contributed by atoms with Gasteiger partial charge in [-0.15, -0.1) is 11.3 Å². The first-order valence-corrected chi connectivity index (χ1v) is 9.17. The van der Waals surface area contributed by atoms with Crippen LogP contribution >= 0.6 is 11.3 Å². The summed E-state index contributed by atoms with van der Waals surface area (Å²) in [7, 11) is -1.85. The van der Waals surface area contributed by atoms with Gasteiger partial charge in [-0.05, 0) is 24.9 Å². The number of thiophene rings is 1. The van der Waals surface area contributed by atoms with E-state index in [1.165, 1.54) is 6.20 Å². The van der Waals surface area contributed by atoms with E-state index in [9.17, 15) is 8.42 Å². The van der Waals surface area contributed by atoms with Crippen molar-refractivity contribution in [2.45, 2.75) is 37.4 Å². The molecule has 2 aromatic rings. The highest BCUT2D eigenvalue weighted by molar-refractivity contribution is 7.89. The zero-order valence-electron chi connectivity index (χ0n) is 12.1. The maximum Gasteiger partial charge on any atom is 0.258 e. The fourth-order valence-corrected chi connectivity index (χ4v) is 4.40. The second-order valence-corrected chi connectivity index (χ2v) is 7.36. The molecule has 6 nitrogen and oxygen atoms in total. The summed E-state index contributed by atoms with van der Waals surface area (Å²) in [6.45, 7) is 2.49. The molecule has 116 valence electrons. The third kappa shape index (κ3) is 3.91. The van der Waals surface area contributed by atoms with Crippen molar-refractivity contribution in [2.75, 3.05) is 7.05 Å². The average molecular weight is 328 g/mol. The van der Waals surface area contributed by atoms with Crippen molar-refractivity contribution in [1.82, 2.24) is 20.2 Å². The van der Waals surface area contributed by atoms with Gasteiger partial charge >= 0.3 is 0 Å². The predicted octanol–water partition coefficient (Wildman–Crippen LogP) is 2.01. The van der Waals surface area contributed by atoms with Crippen LogP contribution < -0.4 is 10.0 Å². The van der Waals surface area contributed by atoms with Crippen LogP contribution in [-0.2, 0) is 16.6 Å². The number of rotatable bonds is 8. The molecule has 1 unspecified atom stereocenters. The second-order valence-electron chi connectivity index (χ2n) is 4.73. The van der Waals surface area contributed by atoms with Gasteiger partial charge in [-0.1, -0.05) is 19.4 Å². The van der Waals surface area contributed by atoms with Gasteiger partial charge < -0.3 is 5.32 Å². The summed E-state index contributed by atoms with van der Waals surface area (Å²) in [5, 5.41) is 11.5. The molecule has 3 N–H and O–H groups in total. The summed E-state index contributed by atoms with van der Waals surface area (Å²) < 4.78 is 27.9. The van der Waals surface area contributed by atoms with E-state index in [-0.39, 0.29) is 11.1 Å². The SMILES string of the molecule is CCCC(NS(=O)(=O)c1[nH]ncc1CNC)c1cccs1. The highest BCUT2D eigenvalue weighted by atomic mass is 32.2. The first-order valence-electron chi connectivity index (χ1n) is 6.81. The van der Waals surface area contributed by atoms with Crippen molar-refractivity contribution >= 4 is 21.4 Å². The molecule has 0 amide bonds. The number of nitrogens with one attached hydrogen (secondary N) is 3. The standard InChI is InChI=1S/C13H20N4O2S2/c1-3-5-11(12-6-4-7-20-12)17-21(18,19)13-10(8-14-2)9-15-16-13/h4,6-7,9,11,14,17H,3,5,8H2,1-2H3,(H,15,16). The van der Waals surface area contributed by atoms with E-state index >= 15 is 0 Å². The van der Waals surface area contributed by atoms with Gasteiger partial charge in [0, 0.05) is 17.0 Å². The van der Waals surface area contributed by atoms with E-state index in [0.717, 1.165) is 17.7 Å². The lowest BCUT2D eigenvalue weighted by Gasteiger charge is -2.16. The Hall–Kier alpha value is -1.22. The highest BCUT2D eigenvalue weighted by Crippen LogP contribution is 2.25. The molecule has 0 fully saturated rings. The van der Waals surface area contributed by atoms with E-state index in [0.29, 0.717) is 12.1 Å². The minimum Gasteiger partial charge on any atom is -0.316 e. The molecule has 0 radical (unpaired) electrons. The normalized spacial score (nSPS) is 13.4. The summed E-state index contributed by atoms with van der Waals surface area (Å²) in [5.41, 5.74) is 0.631. The van der Waals surface area contributed by atoms with Crippen molar-refractivity contribution in [3.8, 4) is 0 Å². The van der Waals surface area contributed by atoms with Crippen LogP contribution in [0.25, 0.3) is 0 Å². The number of sulfonamides is 1. The van der Waals surface area contributed by atoms with Crippen LogP contribution in [0, 0.1) is 0 Å². The average Bonchev–Trinajstić information content (AvgIpc) is 3.09. The van der Waals surface area contributed by atoms with Crippen molar-refractivity contribution in [1.29, 1.82) is 0 Å². The second kappa shape index (κ2) is 7.17. The maximum absolute atomic E-state index is 12.6. The Bertz CT molecular complexity index is 650. The van der Waals surface area contributed by atoms with Crippen molar-refractivity contribution in [2.24, 2.45) is 0 Å². The molecule has 0 aromatic carbocycles. The maximum atomic E-state index is 12.6. The molecule has 0 aliphatic heterocycles. The van der Waals surface area contributed by atoms with Crippen molar-refractivity contribution in [3.05, 3.63) is 34.2 Å². The lowest BCUT2D eigenvalue weighted by atomic mass is 10.1. The number of hydrogen-bond acceptors (Lipinski definition) is 5. The molecule has 21 heavy (non-hydrogen) atoms. The van der Waals surface area contributed by atoms with Gasteiger partial charge in [-0.3, -0.25) is 5.10 Å². The molecule has 8 heteroatoms. The summed E-state index contributed by atoms with van der Waals surface area (Å²) in [4.78, 5) is 1.02. The molecule has 0 saturated heterocycles. The predicted molar refractivity (Wildman–Crippen MR) is 83.6 cm³/mol. The smallest absolute Gasteiger partial charge is 0.258 e. The molecule has 0 bridgehead atoms. The quantitative estimate of drug-likeness (QED) is 0.692. The van der Waals surface area contributed by atoms with Crippen LogP contribution in [0.4, 0.5) is 0 Å². The first kappa shape index (κ1) is 16.2. The van der Waals surface area contributed by atoms with E-state index in [2.05, 4.69) is 20.2 Å². The number of aromatic nitrogens is 2. The van der Waals surface area contributed by atoms with Crippen molar-refractivity contribution < 1.29 is 8.42 Å². The fraction of sp³-hybridized carbons (Fsp3) is 0.462. The molecule has 2 rings (SSSR count). The number of H-pyrrole nitrogens is 1. The number of aromatic amines is 1. The van der Waals surface area contributed by atoms with E-state index in [4.69, 9.17) is 0 Å². The first-order chi connectivity index (χ1) is 10.1. The number of hydrogen-bond donors (Lipinski definition) is 3. The van der Waals surface area contributed by atoms with E-state index in [1.807, 2.05) is 24.4 Å². The minimum atomic E-state index is -3.62. The van der Waals surface area contributed by atoms with Gasteiger partial charge in [0.05, 0.1) is 12.2 Å². The molecule has 0 aliphatic rings. The zero-order chi connectivity index (χ0) is 15.3. The Balaban J connectivity index is 2.24.